The number of aromatic nitrogens is 1. The molecule has 1 aromatic carbocycles. The van der Waals surface area contributed by atoms with Gasteiger partial charge in [0.25, 0.3) is 6.01 Å². The highest BCUT2D eigenvalue weighted by atomic mass is 16.5. The summed E-state index contributed by atoms with van der Waals surface area (Å²) in [6.45, 7) is 8.36. The van der Waals surface area contributed by atoms with E-state index in [0.717, 1.165) is 17.0 Å². The first-order chi connectivity index (χ1) is 8.82. The molecule has 102 valence electrons. The van der Waals surface area contributed by atoms with Crippen LogP contribution in [0, 0.1) is 6.92 Å². The third-order valence-corrected chi connectivity index (χ3v) is 3.13. The van der Waals surface area contributed by atoms with Gasteiger partial charge in [0.05, 0.1) is 7.11 Å². The van der Waals surface area contributed by atoms with Crippen LogP contribution in [0.15, 0.2) is 22.6 Å². The molecule has 0 aliphatic heterocycles. The predicted octanol–water partition coefficient (Wildman–Crippen LogP) is 3.54. The lowest BCUT2D eigenvalue weighted by molar-refractivity contribution is 0.415. The summed E-state index contributed by atoms with van der Waals surface area (Å²) in [5.74, 6) is 1.46. The number of oxazole rings is 1. The maximum Gasteiger partial charge on any atom is 0.292 e. The Bertz CT molecular complexity index is 595. The van der Waals surface area contributed by atoms with Gasteiger partial charge in [-0.3, -0.25) is 0 Å². The first kappa shape index (κ1) is 13.5. The van der Waals surface area contributed by atoms with E-state index in [-0.39, 0.29) is 11.4 Å². The highest BCUT2D eigenvalue weighted by Crippen LogP contribution is 2.36. The van der Waals surface area contributed by atoms with Gasteiger partial charge in [-0.25, -0.2) is 0 Å². The summed E-state index contributed by atoms with van der Waals surface area (Å²) in [4.78, 5) is 4.24. The highest BCUT2D eigenvalue weighted by Gasteiger charge is 2.19. The monoisotopic (exact) mass is 260 g/mol. The van der Waals surface area contributed by atoms with Crippen molar-refractivity contribution in [3.63, 3.8) is 0 Å². The maximum absolute atomic E-state index is 5.61. The van der Waals surface area contributed by atoms with Gasteiger partial charge < -0.3 is 14.9 Å². The summed E-state index contributed by atoms with van der Waals surface area (Å²) in [5.41, 5.74) is 8.53. The quantitative estimate of drug-likeness (QED) is 0.897. The molecule has 2 aromatic rings. The van der Waals surface area contributed by atoms with E-state index in [1.807, 2.05) is 13.0 Å². The van der Waals surface area contributed by atoms with E-state index in [1.165, 1.54) is 5.56 Å². The van der Waals surface area contributed by atoms with Crippen molar-refractivity contribution in [1.29, 1.82) is 0 Å². The fourth-order valence-electron chi connectivity index (χ4n) is 2.03. The fourth-order valence-corrected chi connectivity index (χ4v) is 2.03. The van der Waals surface area contributed by atoms with Crippen LogP contribution in [-0.4, -0.2) is 12.1 Å². The molecule has 0 fully saturated rings. The average Bonchev–Trinajstić information content (AvgIpc) is 2.66. The van der Waals surface area contributed by atoms with Crippen LogP contribution < -0.4 is 10.5 Å². The fraction of sp³-hybridized carbons (Fsp3) is 0.400. The van der Waals surface area contributed by atoms with E-state index in [1.54, 1.807) is 7.11 Å². The molecule has 0 unspecified atom stereocenters. The second-order valence-corrected chi connectivity index (χ2v) is 5.62. The Hall–Kier alpha value is -1.97. The van der Waals surface area contributed by atoms with E-state index in [2.05, 4.69) is 37.9 Å². The van der Waals surface area contributed by atoms with Crippen LogP contribution in [0.5, 0.6) is 5.75 Å². The lowest BCUT2D eigenvalue weighted by Crippen LogP contribution is -2.11. The van der Waals surface area contributed by atoms with Crippen LogP contribution in [0.25, 0.3) is 11.3 Å². The van der Waals surface area contributed by atoms with Crippen LogP contribution in [0.3, 0.4) is 0 Å². The second-order valence-electron chi connectivity index (χ2n) is 5.62. The summed E-state index contributed by atoms with van der Waals surface area (Å²) in [6.07, 6.45) is 0. The van der Waals surface area contributed by atoms with Gasteiger partial charge in [0.1, 0.15) is 17.2 Å². The van der Waals surface area contributed by atoms with Crippen LogP contribution in [0.1, 0.15) is 32.1 Å². The average molecular weight is 260 g/mol. The van der Waals surface area contributed by atoms with Gasteiger partial charge in [-0.15, -0.1) is 0 Å². The molecule has 4 heteroatoms. The molecule has 19 heavy (non-hydrogen) atoms. The number of nitrogen functional groups attached to an aromatic ring is 1. The van der Waals surface area contributed by atoms with E-state index in [9.17, 15) is 0 Å². The summed E-state index contributed by atoms with van der Waals surface area (Å²) in [7, 11) is 1.65. The molecule has 0 spiro atoms. The zero-order valence-electron chi connectivity index (χ0n) is 12.1. The van der Waals surface area contributed by atoms with Gasteiger partial charge >= 0.3 is 0 Å². The van der Waals surface area contributed by atoms with Crippen molar-refractivity contribution in [3.05, 3.63) is 29.5 Å². The smallest absolute Gasteiger partial charge is 0.292 e. The molecule has 2 N–H and O–H groups in total. The SMILES string of the molecule is COc1ccc(C(C)(C)C)cc1-c1nc(N)oc1C. The molecule has 0 atom stereocenters. The van der Waals surface area contributed by atoms with Crippen LogP contribution in [0.4, 0.5) is 6.01 Å². The number of methoxy groups -OCH3 is 1. The Morgan fingerprint density at radius 1 is 1.26 bits per heavy atom. The van der Waals surface area contributed by atoms with Crippen molar-refractivity contribution in [3.8, 4) is 17.0 Å². The topological polar surface area (TPSA) is 61.3 Å². The standard InChI is InChI=1S/C15H20N2O2/c1-9-13(17-14(16)19-9)11-8-10(15(2,3)4)6-7-12(11)18-5/h6-8H,1-5H3,(H2,16,17). The Labute approximate surface area is 113 Å². The van der Waals surface area contributed by atoms with Gasteiger partial charge in [-0.1, -0.05) is 26.8 Å². The van der Waals surface area contributed by atoms with Crippen molar-refractivity contribution in [1.82, 2.24) is 4.98 Å². The molecule has 4 nitrogen and oxygen atoms in total. The number of nitrogens with two attached hydrogens (primary N) is 1. The lowest BCUT2D eigenvalue weighted by atomic mass is 9.85. The van der Waals surface area contributed by atoms with Crippen LogP contribution in [-0.2, 0) is 5.41 Å². The second kappa shape index (κ2) is 4.61. The Balaban J connectivity index is 2.63. The number of anilines is 1. The van der Waals surface area contributed by atoms with E-state index in [0.29, 0.717) is 5.76 Å². The molecular weight excluding hydrogens is 240 g/mol. The third-order valence-electron chi connectivity index (χ3n) is 3.13. The van der Waals surface area contributed by atoms with E-state index < -0.39 is 0 Å². The molecule has 1 heterocycles. The van der Waals surface area contributed by atoms with Gasteiger partial charge in [0.2, 0.25) is 0 Å². The number of hydrogen-bond donors (Lipinski definition) is 1. The molecule has 1 aromatic heterocycles. The molecule has 0 bridgehead atoms. The van der Waals surface area contributed by atoms with Gasteiger partial charge in [-0.05, 0) is 30.0 Å². The van der Waals surface area contributed by atoms with Crippen molar-refractivity contribution in [2.75, 3.05) is 12.8 Å². The Morgan fingerprint density at radius 2 is 1.95 bits per heavy atom. The first-order valence-electron chi connectivity index (χ1n) is 6.24. The third kappa shape index (κ3) is 2.57. The van der Waals surface area contributed by atoms with Crippen molar-refractivity contribution < 1.29 is 9.15 Å². The number of rotatable bonds is 2. The van der Waals surface area contributed by atoms with Crippen molar-refractivity contribution in [2.24, 2.45) is 0 Å². The molecule has 0 aliphatic rings. The molecule has 0 saturated heterocycles. The number of benzene rings is 1. The molecule has 0 radical (unpaired) electrons. The summed E-state index contributed by atoms with van der Waals surface area (Å²) >= 11 is 0. The first-order valence-corrected chi connectivity index (χ1v) is 6.24. The summed E-state index contributed by atoms with van der Waals surface area (Å²) < 4.78 is 10.7. The van der Waals surface area contributed by atoms with Crippen LogP contribution >= 0.6 is 0 Å². The minimum absolute atomic E-state index is 0.0597. The molecular formula is C15H20N2O2. The summed E-state index contributed by atoms with van der Waals surface area (Å²) in [5, 5.41) is 0. The van der Waals surface area contributed by atoms with Crippen molar-refractivity contribution >= 4 is 6.01 Å². The predicted molar refractivity (Wildman–Crippen MR) is 76.3 cm³/mol. The zero-order valence-corrected chi connectivity index (χ0v) is 12.1. The minimum atomic E-state index is 0.0597. The van der Waals surface area contributed by atoms with Crippen molar-refractivity contribution in [2.45, 2.75) is 33.1 Å². The van der Waals surface area contributed by atoms with Gasteiger partial charge in [-0.2, -0.15) is 4.98 Å². The maximum atomic E-state index is 5.61. The Morgan fingerprint density at radius 3 is 2.42 bits per heavy atom. The van der Waals surface area contributed by atoms with Gasteiger partial charge in [0, 0.05) is 5.56 Å². The Kier molecular flexibility index (Phi) is 3.27. The lowest BCUT2D eigenvalue weighted by Gasteiger charge is -2.20. The number of ether oxygens (including phenoxy) is 1. The number of nitrogens with zero attached hydrogens (tertiary/aromatic N) is 1. The van der Waals surface area contributed by atoms with Crippen LogP contribution in [0.2, 0.25) is 0 Å². The number of aryl methyl sites for hydroxylation is 1. The highest BCUT2D eigenvalue weighted by molar-refractivity contribution is 5.70. The zero-order chi connectivity index (χ0) is 14.2. The molecule has 0 saturated carbocycles. The number of hydrogen-bond acceptors (Lipinski definition) is 4. The summed E-state index contributed by atoms with van der Waals surface area (Å²) in [6, 6.07) is 6.29. The molecule has 0 amide bonds. The van der Waals surface area contributed by atoms with Gasteiger partial charge in [0.15, 0.2) is 0 Å². The largest absolute Gasteiger partial charge is 0.496 e. The minimum Gasteiger partial charge on any atom is -0.496 e. The molecule has 0 aliphatic carbocycles. The van der Waals surface area contributed by atoms with E-state index >= 15 is 0 Å². The normalized spacial score (nSPS) is 11.6. The van der Waals surface area contributed by atoms with E-state index in [4.69, 9.17) is 14.9 Å². The molecule has 2 rings (SSSR count).